The molecule has 0 aliphatic carbocycles. The number of ether oxygens (including phenoxy) is 1. The number of aryl methyl sites for hydroxylation is 1. The number of carbonyl (C=O) groups is 2. The van der Waals surface area contributed by atoms with Gasteiger partial charge in [-0.2, -0.15) is 5.10 Å². The van der Waals surface area contributed by atoms with Crippen molar-refractivity contribution in [3.8, 4) is 11.3 Å². The number of morpholine rings is 1. The summed E-state index contributed by atoms with van der Waals surface area (Å²) in [5.41, 5.74) is 9.59. The molecule has 1 fully saturated rings. The van der Waals surface area contributed by atoms with Crippen molar-refractivity contribution >= 4 is 11.8 Å². The van der Waals surface area contributed by atoms with E-state index in [-0.39, 0.29) is 19.1 Å². The van der Waals surface area contributed by atoms with Crippen molar-refractivity contribution in [3.63, 3.8) is 0 Å². The molecule has 4 rings (SSSR count). The fourth-order valence-corrected chi connectivity index (χ4v) is 3.53. The summed E-state index contributed by atoms with van der Waals surface area (Å²) in [5, 5.41) is 4.72. The van der Waals surface area contributed by atoms with Crippen LogP contribution >= 0.6 is 0 Å². The second-order valence-corrected chi connectivity index (χ2v) is 7.45. The van der Waals surface area contributed by atoms with Crippen molar-refractivity contribution in [2.24, 2.45) is 5.73 Å². The van der Waals surface area contributed by atoms with E-state index < -0.39 is 12.0 Å². The second-order valence-electron chi connectivity index (χ2n) is 7.45. The first-order chi connectivity index (χ1) is 14.5. The van der Waals surface area contributed by atoms with Crippen LogP contribution in [0.15, 0.2) is 60.8 Å². The number of primary amides is 1. The lowest BCUT2D eigenvalue weighted by Gasteiger charge is -2.31. The molecule has 1 aromatic heterocycles. The summed E-state index contributed by atoms with van der Waals surface area (Å²) in [6.45, 7) is 3.39. The maximum atomic E-state index is 13.4. The maximum Gasteiger partial charge on any atom is 0.257 e. The minimum atomic E-state index is -0.787. The molecule has 2 heterocycles. The molecule has 2 amide bonds. The number of carbonyl (C=O) groups excluding carboxylic acids is 2. The van der Waals surface area contributed by atoms with Crippen LogP contribution in [0.2, 0.25) is 0 Å². The van der Waals surface area contributed by atoms with Crippen LogP contribution in [0.3, 0.4) is 0 Å². The van der Waals surface area contributed by atoms with E-state index in [2.05, 4.69) is 0 Å². The maximum absolute atomic E-state index is 13.4. The van der Waals surface area contributed by atoms with Crippen LogP contribution in [0.5, 0.6) is 0 Å². The quantitative estimate of drug-likeness (QED) is 0.706. The van der Waals surface area contributed by atoms with Crippen LogP contribution in [-0.2, 0) is 16.1 Å². The first-order valence-electron chi connectivity index (χ1n) is 9.90. The highest BCUT2D eigenvalue weighted by molar-refractivity contribution is 6.00. The molecule has 1 saturated heterocycles. The average molecular weight is 404 g/mol. The summed E-state index contributed by atoms with van der Waals surface area (Å²) >= 11 is 0. The smallest absolute Gasteiger partial charge is 0.257 e. The standard InChI is InChI=1S/C23H24N4O3/c1-16-7-9-18(10-8-16)21-19(14-27(25-21)13-17-5-3-2-4-6-17)23(29)26-11-12-30-20(15-26)22(24)28/h2-10,14,20H,11-13,15H2,1H3,(H2,24,28). The summed E-state index contributed by atoms with van der Waals surface area (Å²) < 4.78 is 7.16. The van der Waals surface area contributed by atoms with Gasteiger partial charge in [-0.15, -0.1) is 0 Å². The van der Waals surface area contributed by atoms with Gasteiger partial charge in [-0.05, 0) is 12.5 Å². The Labute approximate surface area is 175 Å². The minimum absolute atomic E-state index is 0.144. The van der Waals surface area contributed by atoms with Gasteiger partial charge in [0.25, 0.3) is 5.91 Å². The topological polar surface area (TPSA) is 90.4 Å². The molecule has 1 aliphatic rings. The van der Waals surface area contributed by atoms with E-state index in [1.165, 1.54) is 0 Å². The van der Waals surface area contributed by atoms with Crippen LogP contribution < -0.4 is 5.73 Å². The summed E-state index contributed by atoms with van der Waals surface area (Å²) in [6.07, 6.45) is 0.990. The Bertz CT molecular complexity index is 1040. The molecule has 1 atom stereocenters. The monoisotopic (exact) mass is 404 g/mol. The second kappa shape index (κ2) is 8.51. The van der Waals surface area contributed by atoms with Gasteiger partial charge in [0.2, 0.25) is 5.91 Å². The molecule has 2 aromatic carbocycles. The van der Waals surface area contributed by atoms with Crippen molar-refractivity contribution in [2.75, 3.05) is 19.7 Å². The molecule has 0 spiro atoms. The molecule has 154 valence electrons. The van der Waals surface area contributed by atoms with Gasteiger partial charge in [-0.3, -0.25) is 14.3 Å². The van der Waals surface area contributed by atoms with Gasteiger partial charge in [-0.1, -0.05) is 60.2 Å². The summed E-state index contributed by atoms with van der Waals surface area (Å²) in [4.78, 5) is 26.5. The number of amides is 2. The third-order valence-corrected chi connectivity index (χ3v) is 5.18. The SMILES string of the molecule is Cc1ccc(-c2nn(Cc3ccccc3)cc2C(=O)N2CCOC(C(N)=O)C2)cc1. The number of benzene rings is 2. The first-order valence-corrected chi connectivity index (χ1v) is 9.90. The third kappa shape index (κ3) is 4.26. The molecule has 7 heteroatoms. The van der Waals surface area contributed by atoms with Crippen LogP contribution in [0.1, 0.15) is 21.5 Å². The van der Waals surface area contributed by atoms with Gasteiger partial charge in [0.1, 0.15) is 5.69 Å². The summed E-state index contributed by atoms with van der Waals surface area (Å²) in [5.74, 6) is -0.745. The van der Waals surface area contributed by atoms with Crippen molar-refractivity contribution in [3.05, 3.63) is 77.5 Å². The molecule has 0 bridgehead atoms. The van der Waals surface area contributed by atoms with Crippen LogP contribution in [-0.4, -0.2) is 52.3 Å². The normalized spacial score (nSPS) is 16.4. The van der Waals surface area contributed by atoms with E-state index in [0.29, 0.717) is 24.3 Å². The lowest BCUT2D eigenvalue weighted by molar-refractivity contribution is -0.133. The zero-order valence-corrected chi connectivity index (χ0v) is 16.8. The van der Waals surface area contributed by atoms with Gasteiger partial charge < -0.3 is 15.4 Å². The fraction of sp³-hybridized carbons (Fsp3) is 0.261. The number of nitrogens with two attached hydrogens (primary N) is 1. The van der Waals surface area contributed by atoms with E-state index >= 15 is 0 Å². The Kier molecular flexibility index (Phi) is 5.63. The van der Waals surface area contributed by atoms with Crippen molar-refractivity contribution < 1.29 is 14.3 Å². The molecule has 7 nitrogen and oxygen atoms in total. The highest BCUT2D eigenvalue weighted by atomic mass is 16.5. The zero-order valence-electron chi connectivity index (χ0n) is 16.8. The van der Waals surface area contributed by atoms with E-state index in [1.807, 2.05) is 61.5 Å². The fourth-order valence-electron chi connectivity index (χ4n) is 3.53. The highest BCUT2D eigenvalue weighted by Crippen LogP contribution is 2.25. The Morgan fingerprint density at radius 3 is 2.57 bits per heavy atom. The van der Waals surface area contributed by atoms with E-state index in [1.54, 1.807) is 15.8 Å². The molecule has 30 heavy (non-hydrogen) atoms. The van der Waals surface area contributed by atoms with E-state index in [9.17, 15) is 9.59 Å². The molecule has 3 aromatic rings. The molecule has 0 saturated carbocycles. The number of aromatic nitrogens is 2. The minimum Gasteiger partial charge on any atom is -0.367 e. The van der Waals surface area contributed by atoms with Gasteiger partial charge >= 0.3 is 0 Å². The lowest BCUT2D eigenvalue weighted by atomic mass is 10.1. The first kappa shape index (κ1) is 19.8. The van der Waals surface area contributed by atoms with Crippen LogP contribution in [0.25, 0.3) is 11.3 Å². The number of hydrogen-bond acceptors (Lipinski definition) is 4. The van der Waals surface area contributed by atoms with E-state index in [0.717, 1.165) is 16.7 Å². The Morgan fingerprint density at radius 1 is 1.13 bits per heavy atom. The van der Waals surface area contributed by atoms with Crippen LogP contribution in [0, 0.1) is 6.92 Å². The highest BCUT2D eigenvalue weighted by Gasteiger charge is 2.30. The molecule has 1 aliphatic heterocycles. The summed E-state index contributed by atoms with van der Waals surface area (Å²) in [6, 6.07) is 17.9. The molecular formula is C23H24N4O3. The predicted molar refractivity (Wildman–Crippen MR) is 113 cm³/mol. The van der Waals surface area contributed by atoms with Gasteiger partial charge in [0, 0.05) is 18.3 Å². The van der Waals surface area contributed by atoms with E-state index in [4.69, 9.17) is 15.6 Å². The lowest BCUT2D eigenvalue weighted by Crippen LogP contribution is -2.50. The number of hydrogen-bond donors (Lipinski definition) is 1. The van der Waals surface area contributed by atoms with Crippen molar-refractivity contribution in [1.82, 2.24) is 14.7 Å². The Hall–Kier alpha value is -3.45. The number of rotatable bonds is 5. The third-order valence-electron chi connectivity index (χ3n) is 5.18. The van der Waals surface area contributed by atoms with Gasteiger partial charge in [-0.25, -0.2) is 0 Å². The zero-order chi connectivity index (χ0) is 21.1. The average Bonchev–Trinajstić information content (AvgIpc) is 3.18. The Balaban J connectivity index is 1.68. The summed E-state index contributed by atoms with van der Waals surface area (Å²) in [7, 11) is 0. The molecule has 0 radical (unpaired) electrons. The van der Waals surface area contributed by atoms with Crippen molar-refractivity contribution in [1.29, 1.82) is 0 Å². The molecule has 1 unspecified atom stereocenters. The molecule has 2 N–H and O–H groups in total. The van der Waals surface area contributed by atoms with Crippen molar-refractivity contribution in [2.45, 2.75) is 19.6 Å². The predicted octanol–water partition coefficient (Wildman–Crippen LogP) is 2.23. The van der Waals surface area contributed by atoms with Gasteiger partial charge in [0.15, 0.2) is 6.10 Å². The largest absolute Gasteiger partial charge is 0.367 e. The molecular weight excluding hydrogens is 380 g/mol. The van der Waals surface area contributed by atoms with Crippen LogP contribution in [0.4, 0.5) is 0 Å². The number of nitrogens with zero attached hydrogens (tertiary/aromatic N) is 3. The Morgan fingerprint density at radius 2 is 1.87 bits per heavy atom. The van der Waals surface area contributed by atoms with Gasteiger partial charge in [0.05, 0.1) is 25.3 Å².